The first-order valence-electron chi connectivity index (χ1n) is 11.6. The van der Waals surface area contributed by atoms with Gasteiger partial charge in [0.25, 0.3) is 0 Å². The lowest BCUT2D eigenvalue weighted by Crippen LogP contribution is -2.28. The normalized spacial score (nSPS) is 12.3. The van der Waals surface area contributed by atoms with E-state index in [4.69, 9.17) is 4.74 Å². The number of carbonyl (C=O) groups is 2. The summed E-state index contributed by atoms with van der Waals surface area (Å²) in [7, 11) is 0. The zero-order valence-corrected chi connectivity index (χ0v) is 19.9. The summed E-state index contributed by atoms with van der Waals surface area (Å²) >= 11 is 0. The zero-order valence-electron chi connectivity index (χ0n) is 19.9. The van der Waals surface area contributed by atoms with Crippen LogP contribution in [-0.2, 0) is 14.3 Å². The van der Waals surface area contributed by atoms with E-state index in [2.05, 4.69) is 25.0 Å². The molecule has 0 saturated heterocycles. The molecular weight excluding hydrogens is 489 g/mol. The van der Waals surface area contributed by atoms with Gasteiger partial charge < -0.3 is 24.8 Å². The van der Waals surface area contributed by atoms with Crippen LogP contribution < -0.4 is 10.1 Å². The summed E-state index contributed by atoms with van der Waals surface area (Å²) in [5.41, 5.74) is 3.10. The van der Waals surface area contributed by atoms with Gasteiger partial charge in [0.1, 0.15) is 5.75 Å². The number of hydrogen-bond acceptors (Lipinski definition) is 6. The first-order valence-corrected chi connectivity index (χ1v) is 11.6. The van der Waals surface area contributed by atoms with Crippen LogP contribution in [0.2, 0.25) is 0 Å². The number of nitrogens with zero attached hydrogens (tertiary/aromatic N) is 1. The number of esters is 2. The molecule has 8 nitrogen and oxygen atoms in total. The van der Waals surface area contributed by atoms with Gasteiger partial charge in [-0.3, -0.25) is 4.79 Å². The van der Waals surface area contributed by atoms with E-state index in [0.717, 1.165) is 22.9 Å². The van der Waals surface area contributed by atoms with Crippen molar-refractivity contribution in [1.82, 2.24) is 15.0 Å². The van der Waals surface area contributed by atoms with Gasteiger partial charge in [-0.25, -0.2) is 9.78 Å². The SMILES string of the molecule is Cc1ccc(C(CC(=O)OC(=O)C(F)(F)F)c2c[nH]c3cc(OCCCNc4ncc[nH]4)ccc23)cc1. The zero-order chi connectivity index (χ0) is 26.4. The number of imidazole rings is 1. The van der Waals surface area contributed by atoms with Crippen molar-refractivity contribution in [3.8, 4) is 5.75 Å². The molecule has 37 heavy (non-hydrogen) atoms. The Hall–Kier alpha value is -4.28. The first-order chi connectivity index (χ1) is 17.7. The van der Waals surface area contributed by atoms with Gasteiger partial charge in [0.2, 0.25) is 0 Å². The Bertz CT molecular complexity index is 1350. The number of H-pyrrole nitrogens is 2. The topological polar surface area (TPSA) is 109 Å². The summed E-state index contributed by atoms with van der Waals surface area (Å²) in [5.74, 6) is -3.09. The smallest absolute Gasteiger partial charge is 0.491 e. The standard InChI is InChI=1S/C26H25F3N4O4/c1-16-3-5-17(6-4-16)20(14-23(34)37-24(35)26(27,28)29)21-15-33-22-13-18(7-8-19(21)22)36-12-2-9-30-25-31-10-11-32-25/h3-8,10-11,13,15,20,33H,2,9,12,14H2,1H3,(H2,30,31,32). The predicted molar refractivity (Wildman–Crippen MR) is 130 cm³/mol. The average molecular weight is 515 g/mol. The second-order valence-electron chi connectivity index (χ2n) is 8.44. The van der Waals surface area contributed by atoms with Crippen LogP contribution in [0, 0.1) is 6.92 Å². The summed E-state index contributed by atoms with van der Waals surface area (Å²) in [4.78, 5) is 33.6. The van der Waals surface area contributed by atoms with E-state index in [1.54, 1.807) is 36.8 Å². The summed E-state index contributed by atoms with van der Waals surface area (Å²) in [6.45, 7) is 3.04. The van der Waals surface area contributed by atoms with Gasteiger partial charge in [-0.1, -0.05) is 29.8 Å². The van der Waals surface area contributed by atoms with E-state index in [0.29, 0.717) is 36.0 Å². The number of anilines is 1. The number of nitrogens with one attached hydrogen (secondary N) is 3. The van der Waals surface area contributed by atoms with Crippen molar-refractivity contribution in [2.75, 3.05) is 18.5 Å². The van der Waals surface area contributed by atoms with Gasteiger partial charge in [-0.2, -0.15) is 13.2 Å². The van der Waals surface area contributed by atoms with Crippen LogP contribution in [-0.4, -0.2) is 46.2 Å². The molecule has 0 bridgehead atoms. The van der Waals surface area contributed by atoms with Crippen LogP contribution in [0.5, 0.6) is 5.75 Å². The molecule has 4 aromatic rings. The van der Waals surface area contributed by atoms with Crippen molar-refractivity contribution in [2.45, 2.75) is 31.9 Å². The van der Waals surface area contributed by atoms with E-state index >= 15 is 0 Å². The third kappa shape index (κ3) is 6.69. The third-order valence-corrected chi connectivity index (χ3v) is 5.73. The lowest BCUT2D eigenvalue weighted by atomic mass is 9.88. The molecule has 0 aliphatic carbocycles. The molecule has 0 spiro atoms. The van der Waals surface area contributed by atoms with Crippen LogP contribution >= 0.6 is 0 Å². The quantitative estimate of drug-likeness (QED) is 0.152. The largest absolute Gasteiger partial charge is 0.493 e. The molecule has 2 aromatic carbocycles. The second kappa shape index (κ2) is 11.2. The first kappa shape index (κ1) is 25.8. The van der Waals surface area contributed by atoms with Crippen LogP contribution in [0.25, 0.3) is 10.9 Å². The number of fused-ring (bicyclic) bond motifs is 1. The maximum Gasteiger partial charge on any atom is 0.491 e. The Balaban J connectivity index is 1.48. The Morgan fingerprint density at radius 3 is 2.59 bits per heavy atom. The molecule has 0 fully saturated rings. The Morgan fingerprint density at radius 1 is 1.11 bits per heavy atom. The molecule has 0 aliphatic heterocycles. The second-order valence-corrected chi connectivity index (χ2v) is 8.44. The number of aryl methyl sites for hydroxylation is 1. The van der Waals surface area contributed by atoms with Crippen molar-refractivity contribution < 1.29 is 32.2 Å². The number of alkyl halides is 3. The van der Waals surface area contributed by atoms with Gasteiger partial charge >= 0.3 is 18.1 Å². The Labute approximate surface area is 210 Å². The molecule has 2 heterocycles. The fourth-order valence-electron chi connectivity index (χ4n) is 3.91. The van der Waals surface area contributed by atoms with Gasteiger partial charge in [0, 0.05) is 48.0 Å². The molecule has 0 amide bonds. The molecule has 1 unspecified atom stereocenters. The molecule has 2 aromatic heterocycles. The summed E-state index contributed by atoms with van der Waals surface area (Å²) in [6, 6.07) is 12.7. The summed E-state index contributed by atoms with van der Waals surface area (Å²) < 4.78 is 47.6. The summed E-state index contributed by atoms with van der Waals surface area (Å²) in [5, 5.41) is 3.91. The molecule has 1 atom stereocenters. The van der Waals surface area contributed by atoms with Crippen molar-refractivity contribution in [3.05, 3.63) is 77.7 Å². The van der Waals surface area contributed by atoms with Crippen LogP contribution in [0.3, 0.4) is 0 Å². The molecule has 4 rings (SSSR count). The monoisotopic (exact) mass is 514 g/mol. The van der Waals surface area contributed by atoms with Gasteiger partial charge in [-0.05, 0) is 36.6 Å². The highest BCUT2D eigenvalue weighted by Crippen LogP contribution is 2.35. The molecule has 3 N–H and O–H groups in total. The molecule has 194 valence electrons. The molecule has 11 heteroatoms. The maximum atomic E-state index is 12.6. The van der Waals surface area contributed by atoms with E-state index < -0.39 is 30.5 Å². The highest BCUT2D eigenvalue weighted by Gasteiger charge is 2.42. The van der Waals surface area contributed by atoms with E-state index in [1.807, 2.05) is 31.2 Å². The average Bonchev–Trinajstić information content (AvgIpc) is 3.52. The minimum absolute atomic E-state index is 0.446. The lowest BCUT2D eigenvalue weighted by Gasteiger charge is -2.17. The molecule has 0 saturated carbocycles. The van der Waals surface area contributed by atoms with Crippen molar-refractivity contribution in [2.24, 2.45) is 0 Å². The number of benzene rings is 2. The fourth-order valence-corrected chi connectivity index (χ4v) is 3.91. The van der Waals surface area contributed by atoms with Crippen LogP contribution in [0.4, 0.5) is 19.1 Å². The minimum Gasteiger partial charge on any atom is -0.493 e. The van der Waals surface area contributed by atoms with Crippen LogP contribution in [0.15, 0.2) is 61.1 Å². The molecular formula is C26H25F3N4O4. The number of carbonyl (C=O) groups excluding carboxylic acids is 2. The van der Waals surface area contributed by atoms with Crippen molar-refractivity contribution in [3.63, 3.8) is 0 Å². The van der Waals surface area contributed by atoms with Crippen molar-refractivity contribution in [1.29, 1.82) is 0 Å². The summed E-state index contributed by atoms with van der Waals surface area (Å²) in [6.07, 6.45) is 0.133. The van der Waals surface area contributed by atoms with E-state index in [-0.39, 0.29) is 0 Å². The fraction of sp³-hybridized carbons (Fsp3) is 0.269. The lowest BCUT2D eigenvalue weighted by molar-refractivity contribution is -0.201. The highest BCUT2D eigenvalue weighted by molar-refractivity contribution is 5.90. The van der Waals surface area contributed by atoms with Crippen LogP contribution in [0.1, 0.15) is 35.4 Å². The maximum absolute atomic E-state index is 12.6. The van der Waals surface area contributed by atoms with E-state index in [1.165, 1.54) is 0 Å². The molecule has 0 radical (unpaired) electrons. The number of aromatic nitrogens is 3. The van der Waals surface area contributed by atoms with Gasteiger partial charge in [0.15, 0.2) is 5.95 Å². The van der Waals surface area contributed by atoms with Gasteiger partial charge in [0.05, 0.1) is 13.0 Å². The minimum atomic E-state index is -5.25. The van der Waals surface area contributed by atoms with E-state index in [9.17, 15) is 22.8 Å². The third-order valence-electron chi connectivity index (χ3n) is 5.73. The number of hydrogen-bond donors (Lipinski definition) is 3. The van der Waals surface area contributed by atoms with Crippen molar-refractivity contribution >= 4 is 28.8 Å². The number of ether oxygens (including phenoxy) is 2. The molecule has 0 aliphatic rings. The number of halogens is 3. The van der Waals surface area contributed by atoms with Gasteiger partial charge in [-0.15, -0.1) is 0 Å². The number of rotatable bonds is 10. The predicted octanol–water partition coefficient (Wildman–Crippen LogP) is 5.23. The Kier molecular flexibility index (Phi) is 7.80. The highest BCUT2D eigenvalue weighted by atomic mass is 19.4. The Morgan fingerprint density at radius 2 is 1.89 bits per heavy atom. The number of aromatic amines is 2.